The summed E-state index contributed by atoms with van der Waals surface area (Å²) in [4.78, 5) is 17.3. The van der Waals surface area contributed by atoms with E-state index >= 15 is 0 Å². The van der Waals surface area contributed by atoms with Crippen molar-refractivity contribution < 1.29 is 14.3 Å². The number of fused-ring (bicyclic) bond motifs is 1. The van der Waals surface area contributed by atoms with E-state index in [2.05, 4.69) is 29.2 Å². The molecule has 1 aliphatic carbocycles. The van der Waals surface area contributed by atoms with Gasteiger partial charge < -0.3 is 14.4 Å². The first-order valence-electron chi connectivity index (χ1n) is 10.2. The van der Waals surface area contributed by atoms with Crippen LogP contribution in [0.2, 0.25) is 0 Å². The molecule has 0 N–H and O–H groups in total. The van der Waals surface area contributed by atoms with Crippen molar-refractivity contribution in [3.63, 3.8) is 0 Å². The molecule has 2 aliphatic heterocycles. The number of ether oxygens (including phenoxy) is 2. The maximum atomic E-state index is 13.0. The van der Waals surface area contributed by atoms with Crippen LogP contribution in [-0.4, -0.2) is 55.1 Å². The Labute approximate surface area is 165 Å². The molecule has 28 heavy (non-hydrogen) atoms. The minimum Gasteiger partial charge on any atom is -0.489 e. The topological polar surface area (TPSA) is 42.0 Å². The van der Waals surface area contributed by atoms with Gasteiger partial charge in [-0.05, 0) is 36.6 Å². The van der Waals surface area contributed by atoms with E-state index in [9.17, 15) is 4.79 Å². The molecule has 0 bridgehead atoms. The molecule has 2 fully saturated rings. The molecule has 1 amide bonds. The molecule has 0 unspecified atom stereocenters. The van der Waals surface area contributed by atoms with E-state index in [0.717, 1.165) is 45.1 Å². The van der Waals surface area contributed by atoms with Crippen LogP contribution >= 0.6 is 0 Å². The lowest BCUT2D eigenvalue weighted by Gasteiger charge is -2.34. The minimum atomic E-state index is 0.0798. The van der Waals surface area contributed by atoms with Crippen LogP contribution < -0.4 is 9.47 Å². The third-order valence-electron chi connectivity index (χ3n) is 6.12. The Bertz CT molecular complexity index is 855. The van der Waals surface area contributed by atoms with Crippen LogP contribution in [0.4, 0.5) is 0 Å². The number of piperazine rings is 1. The average Bonchev–Trinajstić information content (AvgIpc) is 3.54. The zero-order chi connectivity index (χ0) is 19.0. The highest BCUT2D eigenvalue weighted by molar-refractivity contribution is 5.95. The van der Waals surface area contributed by atoms with Crippen LogP contribution in [0.3, 0.4) is 0 Å². The molecule has 1 spiro atoms. The summed E-state index contributed by atoms with van der Waals surface area (Å²) in [6, 6.07) is 16.1. The zero-order valence-corrected chi connectivity index (χ0v) is 16.1. The van der Waals surface area contributed by atoms with Gasteiger partial charge in [-0.2, -0.15) is 0 Å². The molecule has 0 radical (unpaired) electrons. The van der Waals surface area contributed by atoms with E-state index in [1.54, 1.807) is 0 Å². The summed E-state index contributed by atoms with van der Waals surface area (Å²) >= 11 is 0. The fourth-order valence-corrected chi connectivity index (χ4v) is 3.98. The lowest BCUT2D eigenvalue weighted by molar-refractivity contribution is 0.0628. The third kappa shape index (κ3) is 3.59. The fraction of sp³-hybridized carbons (Fsp3) is 0.435. The van der Waals surface area contributed by atoms with Gasteiger partial charge in [0.1, 0.15) is 0 Å². The largest absolute Gasteiger partial charge is 0.489 e. The van der Waals surface area contributed by atoms with Crippen LogP contribution in [-0.2, 0) is 6.54 Å². The zero-order valence-electron chi connectivity index (χ0n) is 16.1. The van der Waals surface area contributed by atoms with Crippen LogP contribution in [0.15, 0.2) is 48.5 Å². The van der Waals surface area contributed by atoms with E-state index in [1.165, 1.54) is 18.4 Å². The van der Waals surface area contributed by atoms with E-state index in [0.29, 0.717) is 17.9 Å². The summed E-state index contributed by atoms with van der Waals surface area (Å²) in [5.41, 5.74) is 2.21. The summed E-state index contributed by atoms with van der Waals surface area (Å²) in [5, 5.41) is 0. The van der Waals surface area contributed by atoms with Gasteiger partial charge in [0, 0.05) is 43.7 Å². The molecule has 146 valence electrons. The van der Waals surface area contributed by atoms with E-state index in [1.807, 2.05) is 29.2 Å². The third-order valence-corrected chi connectivity index (χ3v) is 6.12. The number of hydrogen-bond acceptors (Lipinski definition) is 4. The molecule has 2 aromatic carbocycles. The highest BCUT2D eigenvalue weighted by Gasteiger charge is 2.46. The van der Waals surface area contributed by atoms with Crippen molar-refractivity contribution in [1.82, 2.24) is 9.80 Å². The molecule has 0 aromatic heterocycles. The molecular formula is C23H26N2O3. The van der Waals surface area contributed by atoms with Gasteiger partial charge in [-0.15, -0.1) is 0 Å². The summed E-state index contributed by atoms with van der Waals surface area (Å²) in [6.45, 7) is 5.65. The monoisotopic (exact) mass is 378 g/mol. The Morgan fingerprint density at radius 1 is 0.893 bits per heavy atom. The quantitative estimate of drug-likeness (QED) is 0.823. The summed E-state index contributed by atoms with van der Waals surface area (Å²) < 4.78 is 11.9. The summed E-state index contributed by atoms with van der Waals surface area (Å²) in [5.74, 6) is 1.54. The Balaban J connectivity index is 1.21. The Morgan fingerprint density at radius 2 is 1.61 bits per heavy atom. The first-order valence-corrected chi connectivity index (χ1v) is 10.2. The molecule has 2 heterocycles. The van der Waals surface area contributed by atoms with Crippen molar-refractivity contribution in [3.05, 3.63) is 59.7 Å². The van der Waals surface area contributed by atoms with Gasteiger partial charge in [-0.25, -0.2) is 0 Å². The fourth-order valence-electron chi connectivity index (χ4n) is 3.98. The lowest BCUT2D eigenvalue weighted by Crippen LogP contribution is -2.48. The van der Waals surface area contributed by atoms with Gasteiger partial charge in [0.25, 0.3) is 5.91 Å². The van der Waals surface area contributed by atoms with Crippen LogP contribution in [0.25, 0.3) is 0 Å². The molecule has 2 aromatic rings. The summed E-state index contributed by atoms with van der Waals surface area (Å²) in [6.07, 6.45) is 2.33. The summed E-state index contributed by atoms with van der Waals surface area (Å²) in [7, 11) is 0. The standard InChI is InChI=1S/C23H26N2O3/c26-22(25-12-10-24(11-13-25)15-18-4-2-1-3-5-18)19-6-7-20-21(14-19)28-17-23(8-9-23)16-27-20/h1-7,14H,8-13,15-17H2. The second-order valence-corrected chi connectivity index (χ2v) is 8.29. The normalized spacial score (nSPS) is 20.6. The van der Waals surface area contributed by atoms with Crippen LogP contribution in [0.1, 0.15) is 28.8 Å². The average molecular weight is 378 g/mol. The Kier molecular flexibility index (Phi) is 4.47. The van der Waals surface area contributed by atoms with Gasteiger partial charge in [0.15, 0.2) is 11.5 Å². The van der Waals surface area contributed by atoms with E-state index in [4.69, 9.17) is 9.47 Å². The van der Waals surface area contributed by atoms with Crippen LogP contribution in [0, 0.1) is 5.41 Å². The van der Waals surface area contributed by atoms with Gasteiger partial charge in [0.2, 0.25) is 0 Å². The molecular weight excluding hydrogens is 352 g/mol. The number of carbonyl (C=O) groups is 1. The predicted octanol–water partition coefficient (Wildman–Crippen LogP) is 3.20. The maximum Gasteiger partial charge on any atom is 0.254 e. The number of benzene rings is 2. The maximum absolute atomic E-state index is 13.0. The predicted molar refractivity (Wildman–Crippen MR) is 107 cm³/mol. The smallest absolute Gasteiger partial charge is 0.254 e. The number of carbonyl (C=O) groups excluding carboxylic acids is 1. The molecule has 5 rings (SSSR count). The van der Waals surface area contributed by atoms with Crippen molar-refractivity contribution >= 4 is 5.91 Å². The molecule has 5 nitrogen and oxygen atoms in total. The van der Waals surface area contributed by atoms with Crippen molar-refractivity contribution in [3.8, 4) is 11.5 Å². The Morgan fingerprint density at radius 3 is 2.32 bits per heavy atom. The van der Waals surface area contributed by atoms with E-state index in [-0.39, 0.29) is 11.3 Å². The van der Waals surface area contributed by atoms with Crippen molar-refractivity contribution in [2.45, 2.75) is 19.4 Å². The first kappa shape index (κ1) is 17.6. The number of nitrogens with zero attached hydrogens (tertiary/aromatic N) is 2. The molecule has 5 heteroatoms. The highest BCUT2D eigenvalue weighted by atomic mass is 16.5. The number of rotatable bonds is 3. The van der Waals surface area contributed by atoms with Gasteiger partial charge in [-0.3, -0.25) is 9.69 Å². The second kappa shape index (κ2) is 7.13. The molecule has 1 saturated heterocycles. The Hall–Kier alpha value is -2.53. The first-order chi connectivity index (χ1) is 13.7. The minimum absolute atomic E-state index is 0.0798. The van der Waals surface area contributed by atoms with Crippen molar-refractivity contribution in [2.24, 2.45) is 5.41 Å². The van der Waals surface area contributed by atoms with Gasteiger partial charge in [0.05, 0.1) is 13.2 Å². The van der Waals surface area contributed by atoms with E-state index < -0.39 is 0 Å². The van der Waals surface area contributed by atoms with Crippen molar-refractivity contribution in [1.29, 1.82) is 0 Å². The lowest BCUT2D eigenvalue weighted by atomic mass is 10.1. The SMILES string of the molecule is O=C(c1ccc2c(c1)OCC1(CC1)CO2)N1CCN(Cc2ccccc2)CC1. The molecule has 3 aliphatic rings. The highest BCUT2D eigenvalue weighted by Crippen LogP contribution is 2.49. The van der Waals surface area contributed by atoms with Crippen LogP contribution in [0.5, 0.6) is 11.5 Å². The number of hydrogen-bond donors (Lipinski definition) is 0. The van der Waals surface area contributed by atoms with Gasteiger partial charge >= 0.3 is 0 Å². The van der Waals surface area contributed by atoms with Gasteiger partial charge in [-0.1, -0.05) is 30.3 Å². The van der Waals surface area contributed by atoms with Crippen molar-refractivity contribution in [2.75, 3.05) is 39.4 Å². The molecule has 0 atom stereocenters. The molecule has 1 saturated carbocycles. The second-order valence-electron chi connectivity index (χ2n) is 8.29. The number of amides is 1.